The Morgan fingerprint density at radius 1 is 1.12 bits per heavy atom. The summed E-state index contributed by atoms with van der Waals surface area (Å²) in [7, 11) is -2.22. The number of allylic oxidation sites excluding steroid dienone is 4. The van der Waals surface area contributed by atoms with Gasteiger partial charge in [-0.3, -0.25) is 0 Å². The van der Waals surface area contributed by atoms with E-state index in [-0.39, 0.29) is 0 Å². The van der Waals surface area contributed by atoms with Crippen LogP contribution in [0.15, 0.2) is 21.8 Å². The van der Waals surface area contributed by atoms with Crippen LogP contribution in [0, 0.1) is 0 Å². The van der Waals surface area contributed by atoms with Gasteiger partial charge in [-0.25, -0.2) is 0 Å². The summed E-state index contributed by atoms with van der Waals surface area (Å²) in [6.07, 6.45) is 6.54. The Morgan fingerprint density at radius 2 is 1.71 bits per heavy atom. The second kappa shape index (κ2) is 5.65. The van der Waals surface area contributed by atoms with Gasteiger partial charge in [-0.05, 0) is 0 Å². The van der Waals surface area contributed by atoms with Crippen molar-refractivity contribution in [2.24, 2.45) is 0 Å². The predicted molar refractivity (Wildman–Crippen MR) is 83.7 cm³/mol. The van der Waals surface area contributed by atoms with Gasteiger partial charge in [-0.2, -0.15) is 0 Å². The van der Waals surface area contributed by atoms with Gasteiger partial charge in [0, 0.05) is 0 Å². The minimum atomic E-state index is -2.26. The molecule has 17 heavy (non-hydrogen) atoms. The molecule has 1 heterocycles. The Morgan fingerprint density at radius 3 is 2.18 bits per heavy atom. The van der Waals surface area contributed by atoms with Crippen LogP contribution >= 0.6 is 0 Å². The van der Waals surface area contributed by atoms with Crippen molar-refractivity contribution in [2.75, 3.05) is 0 Å². The molecular weight excluding hydrogens is 356 g/mol. The third kappa shape index (κ3) is 5.78. The summed E-state index contributed by atoms with van der Waals surface area (Å²) in [5.41, 5.74) is 0. The van der Waals surface area contributed by atoms with E-state index in [0.717, 1.165) is 6.04 Å². The Balaban J connectivity index is 2.76. The maximum atomic E-state index is 12.7. The molecule has 1 aliphatic heterocycles. The van der Waals surface area contributed by atoms with Gasteiger partial charge in [0.15, 0.2) is 0 Å². The Bertz CT molecular complexity index is 359. The zero-order valence-electron chi connectivity index (χ0n) is 12.0. The summed E-state index contributed by atoms with van der Waals surface area (Å²) in [5.74, 6) is 0. The first kappa shape index (κ1) is 15.6. The molecule has 1 atom stereocenters. The van der Waals surface area contributed by atoms with Crippen LogP contribution in [0.1, 0.15) is 0 Å². The molecule has 4 heteroatoms. The first-order chi connectivity index (χ1) is 7.58. The molecule has 1 unspecified atom stereocenters. The van der Waals surface area contributed by atoms with E-state index in [9.17, 15) is 3.10 Å². The standard InChI is InChI=1S/C13H26OSi2Te/c1-15(2,3)10-12-8-7-9-13(17(12)14)11-16(4,5)6/h7-9,12H,10-11H2,1-6H3. The molecule has 1 aliphatic rings. The molecule has 98 valence electrons. The third-order valence-corrected chi connectivity index (χ3v) is 12.2. The molecule has 0 aromatic rings. The van der Waals surface area contributed by atoms with Gasteiger partial charge in [0.05, 0.1) is 0 Å². The molecule has 1 rings (SSSR count). The Kier molecular flexibility index (Phi) is 5.17. The van der Waals surface area contributed by atoms with Gasteiger partial charge in [0.1, 0.15) is 0 Å². The van der Waals surface area contributed by atoms with E-state index in [1.807, 2.05) is 0 Å². The molecule has 0 aromatic heterocycles. The summed E-state index contributed by atoms with van der Waals surface area (Å²) >= 11 is -2.26. The average Bonchev–Trinajstić information content (AvgIpc) is 2.07. The molecule has 0 amide bonds. The Labute approximate surface area is 115 Å². The molecular formula is C13H26OSi2Te. The molecule has 0 bridgehead atoms. The monoisotopic (exact) mass is 384 g/mol. The van der Waals surface area contributed by atoms with Crippen LogP contribution in [-0.4, -0.2) is 35.7 Å². The fourth-order valence-electron chi connectivity index (χ4n) is 2.02. The van der Waals surface area contributed by atoms with Crippen LogP contribution in [-0.2, 0) is 3.10 Å². The molecule has 0 radical (unpaired) electrons. The number of hydrogen-bond acceptors (Lipinski definition) is 1. The van der Waals surface area contributed by atoms with Crippen molar-refractivity contribution in [2.45, 2.75) is 55.3 Å². The van der Waals surface area contributed by atoms with Gasteiger partial charge >= 0.3 is 116 Å². The second-order valence-corrected chi connectivity index (χ2v) is 23.3. The van der Waals surface area contributed by atoms with Crippen LogP contribution < -0.4 is 0 Å². The predicted octanol–water partition coefficient (Wildman–Crippen LogP) is 4.49. The van der Waals surface area contributed by atoms with Crippen molar-refractivity contribution < 1.29 is 3.10 Å². The molecule has 1 nitrogen and oxygen atoms in total. The quantitative estimate of drug-likeness (QED) is 0.655. The van der Waals surface area contributed by atoms with E-state index in [1.54, 1.807) is 0 Å². The van der Waals surface area contributed by atoms with Crippen LogP contribution in [0.2, 0.25) is 55.3 Å². The van der Waals surface area contributed by atoms with E-state index >= 15 is 0 Å². The van der Waals surface area contributed by atoms with E-state index in [4.69, 9.17) is 0 Å². The molecule has 0 fully saturated rings. The topological polar surface area (TPSA) is 17.1 Å². The SMILES string of the molecule is C[Si](C)(C)CC1=CC=CC(C[Si](C)(C)C)[Te]1=O. The number of rotatable bonds is 4. The van der Waals surface area contributed by atoms with Gasteiger partial charge in [-0.15, -0.1) is 0 Å². The van der Waals surface area contributed by atoms with E-state index in [2.05, 4.69) is 57.5 Å². The third-order valence-electron chi connectivity index (χ3n) is 2.66. The summed E-state index contributed by atoms with van der Waals surface area (Å²) in [5, 5.41) is 0. The van der Waals surface area contributed by atoms with E-state index < -0.39 is 35.7 Å². The van der Waals surface area contributed by atoms with Crippen LogP contribution in [0.5, 0.6) is 0 Å². The maximum absolute atomic E-state index is 12.7. The molecule has 0 aliphatic carbocycles. The van der Waals surface area contributed by atoms with Crippen molar-refractivity contribution in [3.05, 3.63) is 21.8 Å². The molecule has 0 aromatic carbocycles. The molecule has 0 N–H and O–H groups in total. The zero-order chi connectivity index (χ0) is 13.3. The van der Waals surface area contributed by atoms with E-state index in [1.165, 1.54) is 9.67 Å². The van der Waals surface area contributed by atoms with E-state index in [0.29, 0.717) is 3.97 Å². The molecule has 0 saturated heterocycles. The van der Waals surface area contributed by atoms with Gasteiger partial charge < -0.3 is 0 Å². The van der Waals surface area contributed by atoms with Crippen LogP contribution in [0.3, 0.4) is 0 Å². The average molecular weight is 382 g/mol. The molecule has 0 saturated carbocycles. The summed E-state index contributed by atoms with van der Waals surface area (Å²) in [6, 6.07) is 2.34. The van der Waals surface area contributed by atoms with Gasteiger partial charge in [0.2, 0.25) is 0 Å². The summed E-state index contributed by atoms with van der Waals surface area (Å²) in [4.78, 5) is 0. The van der Waals surface area contributed by atoms with Crippen molar-refractivity contribution in [3.8, 4) is 0 Å². The number of hydrogen-bond donors (Lipinski definition) is 0. The first-order valence-electron chi connectivity index (χ1n) is 6.36. The van der Waals surface area contributed by atoms with Gasteiger partial charge in [-0.1, -0.05) is 0 Å². The normalized spacial score (nSPS) is 22.7. The second-order valence-electron chi connectivity index (χ2n) is 7.36. The Hall–Kier alpha value is 0.503. The van der Waals surface area contributed by atoms with Gasteiger partial charge in [0.25, 0.3) is 0 Å². The molecule has 0 spiro atoms. The van der Waals surface area contributed by atoms with Crippen molar-refractivity contribution in [1.82, 2.24) is 0 Å². The zero-order valence-corrected chi connectivity index (χ0v) is 16.4. The van der Waals surface area contributed by atoms with Crippen LogP contribution in [0.25, 0.3) is 0 Å². The van der Waals surface area contributed by atoms with Crippen molar-refractivity contribution >= 4 is 35.7 Å². The summed E-state index contributed by atoms with van der Waals surface area (Å²) < 4.78 is 14.4. The fourth-order valence-corrected chi connectivity index (χ4v) is 17.7. The van der Waals surface area contributed by atoms with Crippen molar-refractivity contribution in [1.29, 1.82) is 0 Å². The van der Waals surface area contributed by atoms with Crippen LogP contribution in [0.4, 0.5) is 0 Å². The summed E-state index contributed by atoms with van der Waals surface area (Å²) in [6.45, 7) is 14.2. The van der Waals surface area contributed by atoms with Crippen molar-refractivity contribution in [3.63, 3.8) is 0 Å². The fraction of sp³-hybridized carbons (Fsp3) is 0.692. The minimum absolute atomic E-state index is 0.418. The first-order valence-corrected chi connectivity index (χ1v) is 17.2.